The predicted octanol–water partition coefficient (Wildman–Crippen LogP) is -1.02. The molecule has 1 heterocycles. The number of aromatic nitrogens is 2. The second-order valence-electron chi connectivity index (χ2n) is 2.34. The van der Waals surface area contributed by atoms with Gasteiger partial charge < -0.3 is 15.5 Å². The van der Waals surface area contributed by atoms with Gasteiger partial charge in [0.1, 0.15) is 0 Å². The number of aliphatic hydroxyl groups is 2. The number of hydrogen-bond donors (Lipinski definition) is 3. The van der Waals surface area contributed by atoms with Crippen molar-refractivity contribution < 1.29 is 10.2 Å². The van der Waals surface area contributed by atoms with Crippen molar-refractivity contribution in [3.8, 4) is 0 Å². The Morgan fingerprint density at radius 1 is 1.50 bits per heavy atom. The summed E-state index contributed by atoms with van der Waals surface area (Å²) in [6.07, 6.45) is 0. The van der Waals surface area contributed by atoms with Gasteiger partial charge in [0.05, 0.1) is 24.9 Å². The van der Waals surface area contributed by atoms with Crippen LogP contribution in [-0.4, -0.2) is 39.1 Å². The van der Waals surface area contributed by atoms with E-state index in [0.29, 0.717) is 6.54 Å². The first-order valence-electron chi connectivity index (χ1n) is 3.58. The van der Waals surface area contributed by atoms with Crippen LogP contribution in [0.5, 0.6) is 0 Å². The smallest absolute Gasteiger partial charge is 0.0893 e. The summed E-state index contributed by atoms with van der Waals surface area (Å²) >= 11 is 1.28. The second kappa shape index (κ2) is 5.15. The van der Waals surface area contributed by atoms with E-state index in [2.05, 4.69) is 14.9 Å². The maximum Gasteiger partial charge on any atom is 0.0893 e. The maximum absolute atomic E-state index is 8.70. The normalized spacial score (nSPS) is 10.9. The van der Waals surface area contributed by atoms with Crippen molar-refractivity contribution in [1.29, 1.82) is 0 Å². The zero-order chi connectivity index (χ0) is 8.81. The van der Waals surface area contributed by atoms with Gasteiger partial charge in [-0.3, -0.25) is 0 Å². The summed E-state index contributed by atoms with van der Waals surface area (Å²) in [6.45, 7) is 0.379. The Labute approximate surface area is 74.2 Å². The molecule has 6 heteroatoms. The standard InChI is InChI=1S/C6H11N3O2S/c10-2-6(3-11)7-1-5-4-12-9-8-5/h4,6-7,10-11H,1-3H2. The first-order chi connectivity index (χ1) is 5.86. The fourth-order valence-corrected chi connectivity index (χ4v) is 1.15. The van der Waals surface area contributed by atoms with E-state index < -0.39 is 0 Å². The summed E-state index contributed by atoms with van der Waals surface area (Å²) in [7, 11) is 0. The minimum absolute atomic E-state index is 0.0753. The molecule has 0 spiro atoms. The van der Waals surface area contributed by atoms with E-state index in [1.807, 2.05) is 5.38 Å². The van der Waals surface area contributed by atoms with Crippen molar-refractivity contribution in [2.45, 2.75) is 12.6 Å². The highest BCUT2D eigenvalue weighted by Gasteiger charge is 2.04. The monoisotopic (exact) mass is 189 g/mol. The molecule has 1 aromatic rings. The van der Waals surface area contributed by atoms with Crippen molar-refractivity contribution in [1.82, 2.24) is 14.9 Å². The Morgan fingerprint density at radius 2 is 2.25 bits per heavy atom. The number of hydrogen-bond acceptors (Lipinski definition) is 6. The van der Waals surface area contributed by atoms with Gasteiger partial charge in [0.2, 0.25) is 0 Å². The Bertz CT molecular complexity index is 201. The van der Waals surface area contributed by atoms with Crippen molar-refractivity contribution >= 4 is 11.5 Å². The van der Waals surface area contributed by atoms with Crippen LogP contribution in [0.2, 0.25) is 0 Å². The lowest BCUT2D eigenvalue weighted by Gasteiger charge is -2.10. The highest BCUT2D eigenvalue weighted by Crippen LogP contribution is 1.96. The van der Waals surface area contributed by atoms with E-state index in [4.69, 9.17) is 10.2 Å². The largest absolute Gasteiger partial charge is 0.395 e. The number of nitrogens with one attached hydrogen (secondary N) is 1. The van der Waals surface area contributed by atoms with Crippen molar-refractivity contribution in [2.75, 3.05) is 13.2 Å². The molecule has 1 rings (SSSR count). The van der Waals surface area contributed by atoms with Crippen LogP contribution in [0.1, 0.15) is 5.69 Å². The number of rotatable bonds is 5. The van der Waals surface area contributed by atoms with Crippen LogP contribution in [0.3, 0.4) is 0 Å². The van der Waals surface area contributed by atoms with Crippen molar-refractivity contribution in [3.05, 3.63) is 11.1 Å². The summed E-state index contributed by atoms with van der Waals surface area (Å²) in [5.41, 5.74) is 0.826. The summed E-state index contributed by atoms with van der Waals surface area (Å²) < 4.78 is 3.68. The van der Waals surface area contributed by atoms with Crippen LogP contribution in [-0.2, 0) is 6.54 Å². The van der Waals surface area contributed by atoms with Crippen LogP contribution in [0.25, 0.3) is 0 Å². The van der Waals surface area contributed by atoms with Crippen LogP contribution < -0.4 is 5.32 Å². The second-order valence-corrected chi connectivity index (χ2v) is 2.95. The third kappa shape index (κ3) is 2.82. The van der Waals surface area contributed by atoms with Gasteiger partial charge in [0.25, 0.3) is 0 Å². The molecule has 0 aliphatic rings. The third-order valence-corrected chi connectivity index (χ3v) is 1.97. The van der Waals surface area contributed by atoms with E-state index in [9.17, 15) is 0 Å². The minimum atomic E-state index is -0.272. The fourth-order valence-electron chi connectivity index (χ4n) is 0.697. The maximum atomic E-state index is 8.70. The average molecular weight is 189 g/mol. The van der Waals surface area contributed by atoms with Gasteiger partial charge in [-0.1, -0.05) is 4.49 Å². The fraction of sp³-hybridized carbons (Fsp3) is 0.667. The van der Waals surface area contributed by atoms with Crippen LogP contribution >= 0.6 is 11.5 Å². The molecule has 0 saturated heterocycles. The van der Waals surface area contributed by atoms with Gasteiger partial charge in [-0.2, -0.15) is 0 Å². The molecule has 0 amide bonds. The Kier molecular flexibility index (Phi) is 4.09. The van der Waals surface area contributed by atoms with Gasteiger partial charge >= 0.3 is 0 Å². The summed E-state index contributed by atoms with van der Waals surface area (Å²) in [6, 6.07) is -0.272. The molecule has 1 aromatic heterocycles. The topological polar surface area (TPSA) is 78.3 Å². The van der Waals surface area contributed by atoms with E-state index in [1.165, 1.54) is 11.5 Å². The predicted molar refractivity (Wildman–Crippen MR) is 44.7 cm³/mol. The highest BCUT2D eigenvalue weighted by molar-refractivity contribution is 7.03. The Balaban J connectivity index is 2.25. The van der Waals surface area contributed by atoms with Crippen LogP contribution in [0.15, 0.2) is 5.38 Å². The molecule has 12 heavy (non-hydrogen) atoms. The third-order valence-electron chi connectivity index (χ3n) is 1.42. The molecule has 0 fully saturated rings. The molecular formula is C6H11N3O2S. The summed E-state index contributed by atoms with van der Waals surface area (Å²) in [5.74, 6) is 0. The average Bonchev–Trinajstić information content (AvgIpc) is 2.59. The molecule has 5 nitrogen and oxygen atoms in total. The molecule has 0 aromatic carbocycles. The lowest BCUT2D eigenvalue weighted by Crippen LogP contribution is -2.35. The van der Waals surface area contributed by atoms with E-state index in [0.717, 1.165) is 5.69 Å². The minimum Gasteiger partial charge on any atom is -0.395 e. The van der Waals surface area contributed by atoms with Gasteiger partial charge in [-0.05, 0) is 11.5 Å². The molecule has 0 aliphatic carbocycles. The quantitative estimate of drug-likeness (QED) is 0.552. The van der Waals surface area contributed by atoms with Gasteiger partial charge in [0, 0.05) is 11.9 Å². The molecule has 68 valence electrons. The Morgan fingerprint density at radius 3 is 2.75 bits per heavy atom. The first kappa shape index (κ1) is 9.53. The van der Waals surface area contributed by atoms with Gasteiger partial charge in [-0.15, -0.1) is 5.10 Å². The number of aliphatic hydroxyl groups excluding tert-OH is 2. The van der Waals surface area contributed by atoms with Crippen LogP contribution in [0.4, 0.5) is 0 Å². The molecular weight excluding hydrogens is 178 g/mol. The highest BCUT2D eigenvalue weighted by atomic mass is 32.1. The van der Waals surface area contributed by atoms with Crippen molar-refractivity contribution in [2.24, 2.45) is 0 Å². The zero-order valence-corrected chi connectivity index (χ0v) is 7.29. The molecule has 0 aliphatic heterocycles. The van der Waals surface area contributed by atoms with Gasteiger partial charge in [0.15, 0.2) is 0 Å². The zero-order valence-electron chi connectivity index (χ0n) is 6.47. The molecule has 0 bridgehead atoms. The molecule has 0 unspecified atom stereocenters. The summed E-state index contributed by atoms with van der Waals surface area (Å²) in [5, 5.41) is 25.9. The van der Waals surface area contributed by atoms with Crippen LogP contribution in [0, 0.1) is 0 Å². The molecule has 0 radical (unpaired) electrons. The van der Waals surface area contributed by atoms with Crippen molar-refractivity contribution in [3.63, 3.8) is 0 Å². The first-order valence-corrected chi connectivity index (χ1v) is 4.41. The molecule has 3 N–H and O–H groups in total. The lowest BCUT2D eigenvalue weighted by atomic mass is 10.3. The van der Waals surface area contributed by atoms with Gasteiger partial charge in [-0.25, -0.2) is 0 Å². The molecule has 0 atom stereocenters. The SMILES string of the molecule is OCC(CO)NCc1csnn1. The van der Waals surface area contributed by atoms with E-state index >= 15 is 0 Å². The molecule has 0 saturated carbocycles. The lowest BCUT2D eigenvalue weighted by molar-refractivity contribution is 0.170. The summed E-state index contributed by atoms with van der Waals surface area (Å²) in [4.78, 5) is 0. The Hall–Kier alpha value is -0.560. The van der Waals surface area contributed by atoms with E-state index in [1.54, 1.807) is 0 Å². The van der Waals surface area contributed by atoms with E-state index in [-0.39, 0.29) is 19.3 Å². The number of nitrogens with zero attached hydrogens (tertiary/aromatic N) is 2.